The largest absolute Gasteiger partial charge is 0.454 e. The number of ether oxygens (including phenoxy) is 2. The van der Waals surface area contributed by atoms with Crippen LogP contribution in [0.2, 0.25) is 0 Å². The molecule has 0 spiro atoms. The first-order valence-electron chi connectivity index (χ1n) is 11.3. The molecule has 0 aliphatic carbocycles. The molecular weight excluding hydrogens is 428 g/mol. The molecule has 2 aliphatic heterocycles. The third kappa shape index (κ3) is 3.46. The second-order valence-corrected chi connectivity index (χ2v) is 8.68. The van der Waals surface area contributed by atoms with E-state index in [2.05, 4.69) is 36.6 Å². The van der Waals surface area contributed by atoms with E-state index in [9.17, 15) is 4.79 Å². The molecule has 7 nitrogen and oxygen atoms in total. The summed E-state index contributed by atoms with van der Waals surface area (Å²) in [4.78, 5) is 14.8. The van der Waals surface area contributed by atoms with Crippen LogP contribution in [0.15, 0.2) is 67.0 Å². The molecule has 34 heavy (non-hydrogen) atoms. The number of aryl methyl sites for hydroxylation is 2. The lowest BCUT2D eigenvalue weighted by molar-refractivity contribution is -0.126. The first-order valence-corrected chi connectivity index (χ1v) is 11.3. The molecule has 2 aromatic carbocycles. The zero-order valence-corrected chi connectivity index (χ0v) is 19.1. The van der Waals surface area contributed by atoms with Gasteiger partial charge in [0.1, 0.15) is 5.82 Å². The second kappa shape index (κ2) is 7.95. The molecule has 6 rings (SSSR count). The lowest BCUT2D eigenvalue weighted by atomic mass is 10.1. The lowest BCUT2D eigenvalue weighted by Gasteiger charge is -2.17. The van der Waals surface area contributed by atoms with E-state index in [0.717, 1.165) is 39.6 Å². The molecule has 170 valence electrons. The molecule has 0 radical (unpaired) electrons. The maximum absolute atomic E-state index is 13.0. The first-order chi connectivity index (χ1) is 16.6. The van der Waals surface area contributed by atoms with Crippen molar-refractivity contribution in [2.75, 3.05) is 6.79 Å². The van der Waals surface area contributed by atoms with Crippen LogP contribution in [0.25, 0.3) is 17.6 Å². The van der Waals surface area contributed by atoms with Crippen LogP contribution >= 0.6 is 0 Å². The van der Waals surface area contributed by atoms with E-state index in [4.69, 9.17) is 14.6 Å². The summed E-state index contributed by atoms with van der Waals surface area (Å²) in [5.41, 5.74) is 6.31. The van der Waals surface area contributed by atoms with Crippen molar-refractivity contribution >= 4 is 12.0 Å². The molecule has 0 N–H and O–H groups in total. The van der Waals surface area contributed by atoms with E-state index in [1.54, 1.807) is 6.08 Å². The Balaban J connectivity index is 1.29. The molecule has 0 unspecified atom stereocenters. The molecule has 4 aromatic rings. The summed E-state index contributed by atoms with van der Waals surface area (Å²) in [7, 11) is 0. The van der Waals surface area contributed by atoms with Gasteiger partial charge in [-0.15, -0.1) is 0 Å². The fourth-order valence-electron chi connectivity index (χ4n) is 4.60. The van der Waals surface area contributed by atoms with Gasteiger partial charge in [0.25, 0.3) is 0 Å². The molecule has 0 saturated heterocycles. The Morgan fingerprint density at radius 3 is 2.65 bits per heavy atom. The summed E-state index contributed by atoms with van der Waals surface area (Å²) in [5, 5.41) is 4.95. The number of amides is 1. The molecule has 0 bridgehead atoms. The summed E-state index contributed by atoms with van der Waals surface area (Å²) in [6.45, 7) is 5.41. The highest BCUT2D eigenvalue weighted by Gasteiger charge is 2.31. The van der Waals surface area contributed by atoms with Gasteiger partial charge in [-0.2, -0.15) is 5.10 Å². The highest BCUT2D eigenvalue weighted by atomic mass is 16.7. The van der Waals surface area contributed by atoms with Crippen molar-refractivity contribution in [1.82, 2.24) is 19.2 Å². The average Bonchev–Trinajstić information content (AvgIpc) is 3.60. The summed E-state index contributed by atoms with van der Waals surface area (Å²) in [5.74, 6) is 2.36. The smallest absolute Gasteiger partial charge is 0.247 e. The minimum Gasteiger partial charge on any atom is -0.454 e. The maximum atomic E-state index is 13.0. The molecule has 2 aliphatic rings. The zero-order chi connectivity index (χ0) is 23.2. The minimum absolute atomic E-state index is 0.0489. The number of aromatic nitrogens is 3. The van der Waals surface area contributed by atoms with Crippen LogP contribution in [0.4, 0.5) is 0 Å². The van der Waals surface area contributed by atoms with Gasteiger partial charge in [0.05, 0.1) is 24.5 Å². The highest BCUT2D eigenvalue weighted by Crippen LogP contribution is 2.34. The van der Waals surface area contributed by atoms with Crippen LogP contribution in [0.1, 0.15) is 27.9 Å². The third-order valence-electron chi connectivity index (χ3n) is 6.29. The molecular formula is C27H24N4O3. The highest BCUT2D eigenvalue weighted by molar-refractivity contribution is 5.92. The Bertz CT molecular complexity index is 1430. The standard InChI is InChI=1S/C27H24N4O3/c1-18-5-8-23(19(2)13-18)31-27(29-11-3-4-12-29)21-15-30(16-22(21)28-31)26(32)10-7-20-6-9-24-25(14-20)34-17-33-24/h3-14H,15-17H2,1-2H3. The molecule has 4 heterocycles. The fourth-order valence-corrected chi connectivity index (χ4v) is 4.60. The van der Waals surface area contributed by atoms with Crippen molar-refractivity contribution in [2.24, 2.45) is 0 Å². The predicted molar refractivity (Wildman–Crippen MR) is 128 cm³/mol. The topological polar surface area (TPSA) is 61.5 Å². The number of hydrogen-bond donors (Lipinski definition) is 0. The van der Waals surface area contributed by atoms with E-state index in [0.29, 0.717) is 18.8 Å². The van der Waals surface area contributed by atoms with E-state index >= 15 is 0 Å². The first kappa shape index (κ1) is 20.4. The van der Waals surface area contributed by atoms with E-state index < -0.39 is 0 Å². The average molecular weight is 453 g/mol. The number of fused-ring (bicyclic) bond motifs is 2. The Morgan fingerprint density at radius 1 is 1.00 bits per heavy atom. The SMILES string of the molecule is Cc1ccc(-n2nc3c(c2-n2cccc2)CN(C(=O)C=Cc2ccc4c(c2)OCO4)C3)c(C)c1. The van der Waals surface area contributed by atoms with Gasteiger partial charge >= 0.3 is 0 Å². The normalized spacial score (nSPS) is 14.2. The number of nitrogens with zero attached hydrogens (tertiary/aromatic N) is 4. The number of carbonyl (C=O) groups excluding carboxylic acids is 1. The number of hydrogen-bond acceptors (Lipinski definition) is 4. The number of benzene rings is 2. The summed E-state index contributed by atoms with van der Waals surface area (Å²) < 4.78 is 14.9. The number of carbonyl (C=O) groups is 1. The van der Waals surface area contributed by atoms with Crippen LogP contribution < -0.4 is 9.47 Å². The van der Waals surface area contributed by atoms with Gasteiger partial charge in [0.15, 0.2) is 11.5 Å². The molecule has 7 heteroatoms. The van der Waals surface area contributed by atoms with Crippen LogP contribution in [0.3, 0.4) is 0 Å². The van der Waals surface area contributed by atoms with Gasteiger partial charge in [-0.05, 0) is 61.4 Å². The molecule has 0 saturated carbocycles. The van der Waals surface area contributed by atoms with Gasteiger partial charge in [0.2, 0.25) is 12.7 Å². The Morgan fingerprint density at radius 2 is 1.82 bits per heavy atom. The maximum Gasteiger partial charge on any atom is 0.247 e. The van der Waals surface area contributed by atoms with Crippen molar-refractivity contribution < 1.29 is 14.3 Å². The van der Waals surface area contributed by atoms with Crippen LogP contribution in [-0.4, -0.2) is 31.9 Å². The van der Waals surface area contributed by atoms with Crippen molar-refractivity contribution in [3.63, 3.8) is 0 Å². The minimum atomic E-state index is -0.0489. The lowest BCUT2D eigenvalue weighted by Crippen LogP contribution is -2.24. The van der Waals surface area contributed by atoms with Gasteiger partial charge in [-0.3, -0.25) is 4.79 Å². The fraction of sp³-hybridized carbons (Fsp3) is 0.185. The van der Waals surface area contributed by atoms with Crippen molar-refractivity contribution in [1.29, 1.82) is 0 Å². The predicted octanol–water partition coefficient (Wildman–Crippen LogP) is 4.56. The van der Waals surface area contributed by atoms with Gasteiger partial charge in [-0.25, -0.2) is 4.68 Å². The molecule has 2 aromatic heterocycles. The molecule has 0 fully saturated rings. The second-order valence-electron chi connectivity index (χ2n) is 8.68. The zero-order valence-electron chi connectivity index (χ0n) is 19.1. The van der Waals surface area contributed by atoms with Gasteiger partial charge in [0, 0.05) is 24.0 Å². The van der Waals surface area contributed by atoms with Crippen molar-refractivity contribution in [2.45, 2.75) is 26.9 Å². The summed E-state index contributed by atoms with van der Waals surface area (Å²) in [6, 6.07) is 16.0. The Hall–Kier alpha value is -4.26. The van der Waals surface area contributed by atoms with E-state index in [-0.39, 0.29) is 12.7 Å². The quantitative estimate of drug-likeness (QED) is 0.426. The monoisotopic (exact) mass is 452 g/mol. The number of rotatable bonds is 4. The van der Waals surface area contributed by atoms with E-state index in [1.165, 1.54) is 5.56 Å². The van der Waals surface area contributed by atoms with E-state index in [1.807, 2.05) is 58.4 Å². The van der Waals surface area contributed by atoms with Gasteiger partial charge < -0.3 is 18.9 Å². The van der Waals surface area contributed by atoms with Crippen LogP contribution in [0, 0.1) is 13.8 Å². The summed E-state index contributed by atoms with van der Waals surface area (Å²) in [6.07, 6.45) is 7.45. The van der Waals surface area contributed by atoms with Gasteiger partial charge in [-0.1, -0.05) is 23.8 Å². The summed E-state index contributed by atoms with van der Waals surface area (Å²) >= 11 is 0. The Kier molecular flexibility index (Phi) is 4.76. The molecule has 1 amide bonds. The Labute approximate surface area is 197 Å². The van der Waals surface area contributed by atoms with Crippen molar-refractivity contribution in [3.05, 3.63) is 94.9 Å². The van der Waals surface area contributed by atoms with Crippen LogP contribution in [0.5, 0.6) is 11.5 Å². The molecule has 0 atom stereocenters. The third-order valence-corrected chi connectivity index (χ3v) is 6.29. The van der Waals surface area contributed by atoms with Crippen molar-refractivity contribution in [3.8, 4) is 23.0 Å². The van der Waals surface area contributed by atoms with Crippen LogP contribution in [-0.2, 0) is 17.9 Å².